The number of nitrogens with zero attached hydrogens (tertiary/aromatic N) is 1. The van der Waals surface area contributed by atoms with Gasteiger partial charge in [-0.2, -0.15) is 0 Å². The lowest BCUT2D eigenvalue weighted by atomic mass is 9.90. The summed E-state index contributed by atoms with van der Waals surface area (Å²) in [5, 5.41) is 0. The normalized spacial score (nSPS) is 27.0. The summed E-state index contributed by atoms with van der Waals surface area (Å²) in [6.45, 7) is 4.52. The van der Waals surface area contributed by atoms with E-state index in [1.54, 1.807) is 0 Å². The van der Waals surface area contributed by atoms with Gasteiger partial charge in [0, 0.05) is 13.1 Å². The van der Waals surface area contributed by atoms with Gasteiger partial charge in [-0.3, -0.25) is 4.79 Å². The Balaban J connectivity index is 0.00000147. The van der Waals surface area contributed by atoms with Gasteiger partial charge in [-0.05, 0) is 36.8 Å². The molecule has 3 nitrogen and oxygen atoms in total. The van der Waals surface area contributed by atoms with Gasteiger partial charge in [-0.15, -0.1) is 12.4 Å². The number of amides is 1. The summed E-state index contributed by atoms with van der Waals surface area (Å²) < 4.78 is 0. The van der Waals surface area contributed by atoms with Crippen molar-refractivity contribution in [3.8, 4) is 0 Å². The third-order valence-electron chi connectivity index (χ3n) is 4.82. The molecule has 0 bridgehead atoms. The molecule has 110 valence electrons. The van der Waals surface area contributed by atoms with Gasteiger partial charge in [-0.25, -0.2) is 0 Å². The second kappa shape index (κ2) is 5.38. The number of hydrogen-bond donors (Lipinski definition) is 1. The van der Waals surface area contributed by atoms with Crippen molar-refractivity contribution in [2.75, 3.05) is 19.6 Å². The van der Waals surface area contributed by atoms with E-state index in [0.29, 0.717) is 12.5 Å². The zero-order valence-corrected chi connectivity index (χ0v) is 12.8. The molecular weight excluding hydrogens is 272 g/mol. The van der Waals surface area contributed by atoms with Crippen LogP contribution in [-0.2, 0) is 10.2 Å². The molecule has 1 aromatic carbocycles. The molecule has 1 saturated heterocycles. The minimum absolute atomic E-state index is 0. The molecule has 1 unspecified atom stereocenters. The first kappa shape index (κ1) is 15.3. The quantitative estimate of drug-likeness (QED) is 0.930. The molecule has 1 amide bonds. The maximum absolute atomic E-state index is 12.8. The molecule has 2 aliphatic rings. The predicted molar refractivity (Wildman–Crippen MR) is 83.0 cm³/mol. The number of benzene rings is 1. The van der Waals surface area contributed by atoms with Gasteiger partial charge >= 0.3 is 0 Å². The lowest BCUT2D eigenvalue weighted by Gasteiger charge is -2.26. The lowest BCUT2D eigenvalue weighted by molar-refractivity contribution is -0.133. The Kier molecular flexibility index (Phi) is 4.12. The van der Waals surface area contributed by atoms with E-state index in [-0.39, 0.29) is 23.2 Å². The minimum atomic E-state index is -0.221. The third-order valence-corrected chi connectivity index (χ3v) is 4.82. The molecule has 0 spiro atoms. The lowest BCUT2D eigenvalue weighted by Crippen LogP contribution is -2.40. The van der Waals surface area contributed by atoms with Crippen molar-refractivity contribution in [3.05, 3.63) is 35.9 Å². The van der Waals surface area contributed by atoms with Gasteiger partial charge < -0.3 is 10.6 Å². The van der Waals surface area contributed by atoms with Gasteiger partial charge in [0.1, 0.15) is 0 Å². The molecule has 1 aromatic rings. The highest BCUT2D eigenvalue weighted by atomic mass is 35.5. The first-order chi connectivity index (χ1) is 9.10. The van der Waals surface area contributed by atoms with E-state index in [1.807, 2.05) is 23.1 Å². The molecule has 4 heteroatoms. The second-order valence-electron chi connectivity index (χ2n) is 6.44. The maximum atomic E-state index is 12.8. The zero-order valence-electron chi connectivity index (χ0n) is 12.0. The molecule has 1 aliphatic carbocycles. The average Bonchev–Trinajstić information content (AvgIpc) is 3.17. The molecular formula is C16H23ClN2O. The molecule has 0 radical (unpaired) electrons. The summed E-state index contributed by atoms with van der Waals surface area (Å²) >= 11 is 0. The van der Waals surface area contributed by atoms with E-state index in [2.05, 4.69) is 19.1 Å². The number of carbonyl (C=O) groups excluding carboxylic acids is 1. The Morgan fingerprint density at radius 3 is 2.40 bits per heavy atom. The van der Waals surface area contributed by atoms with Crippen molar-refractivity contribution in [1.29, 1.82) is 0 Å². The Hall–Kier alpha value is -1.06. The number of hydrogen-bond acceptors (Lipinski definition) is 2. The Labute approximate surface area is 126 Å². The van der Waals surface area contributed by atoms with E-state index in [4.69, 9.17) is 5.73 Å². The predicted octanol–water partition coefficient (Wildman–Crippen LogP) is 2.34. The first-order valence-corrected chi connectivity index (χ1v) is 7.15. The Morgan fingerprint density at radius 1 is 1.25 bits per heavy atom. The summed E-state index contributed by atoms with van der Waals surface area (Å²) in [4.78, 5) is 14.9. The van der Waals surface area contributed by atoms with Crippen molar-refractivity contribution < 1.29 is 4.79 Å². The highest BCUT2D eigenvalue weighted by molar-refractivity contribution is 5.91. The molecule has 1 heterocycles. The van der Waals surface area contributed by atoms with Gasteiger partial charge in [-0.1, -0.05) is 37.3 Å². The number of carbonyl (C=O) groups is 1. The largest absolute Gasteiger partial charge is 0.341 e. The molecule has 0 aromatic heterocycles. The van der Waals surface area contributed by atoms with E-state index in [0.717, 1.165) is 32.4 Å². The van der Waals surface area contributed by atoms with Crippen LogP contribution in [0.1, 0.15) is 31.7 Å². The molecule has 2 fully saturated rings. The van der Waals surface area contributed by atoms with Crippen molar-refractivity contribution in [2.24, 2.45) is 11.1 Å². The Morgan fingerprint density at radius 2 is 1.90 bits per heavy atom. The maximum Gasteiger partial charge on any atom is 0.233 e. The molecule has 1 aliphatic heterocycles. The number of nitrogens with two attached hydrogens (primary N) is 1. The van der Waals surface area contributed by atoms with Crippen molar-refractivity contribution in [1.82, 2.24) is 4.90 Å². The van der Waals surface area contributed by atoms with Crippen LogP contribution in [0.2, 0.25) is 0 Å². The zero-order chi connectivity index (χ0) is 13.5. The standard InChI is InChI=1S/C16H22N2O.ClH/c1-15(11-17)9-10-18(12-15)14(19)16(7-8-16)13-5-3-2-4-6-13;/h2-6H,7-12,17H2,1H3;1H. The fourth-order valence-corrected chi connectivity index (χ4v) is 3.17. The SMILES string of the molecule is CC1(CN)CCN(C(=O)C2(c3ccccc3)CC2)C1.Cl. The fraction of sp³-hybridized carbons (Fsp3) is 0.562. The van der Waals surface area contributed by atoms with Crippen LogP contribution in [0.5, 0.6) is 0 Å². The van der Waals surface area contributed by atoms with Gasteiger partial charge in [0.15, 0.2) is 0 Å². The van der Waals surface area contributed by atoms with Gasteiger partial charge in [0.05, 0.1) is 5.41 Å². The minimum Gasteiger partial charge on any atom is -0.341 e. The Bertz CT molecular complexity index is 487. The smallest absolute Gasteiger partial charge is 0.233 e. The summed E-state index contributed by atoms with van der Waals surface area (Å²) in [7, 11) is 0. The summed E-state index contributed by atoms with van der Waals surface area (Å²) in [6.07, 6.45) is 3.01. The van der Waals surface area contributed by atoms with Crippen molar-refractivity contribution in [3.63, 3.8) is 0 Å². The number of halogens is 1. The number of likely N-dealkylation sites (tertiary alicyclic amines) is 1. The third kappa shape index (κ3) is 2.45. The van der Waals surface area contributed by atoms with Crippen molar-refractivity contribution in [2.45, 2.75) is 31.6 Å². The highest BCUT2D eigenvalue weighted by Gasteiger charge is 2.54. The van der Waals surface area contributed by atoms with E-state index >= 15 is 0 Å². The molecule has 20 heavy (non-hydrogen) atoms. The second-order valence-corrected chi connectivity index (χ2v) is 6.44. The van der Waals surface area contributed by atoms with Crippen LogP contribution < -0.4 is 5.73 Å². The van der Waals surface area contributed by atoms with E-state index in [1.165, 1.54) is 5.56 Å². The van der Waals surface area contributed by atoms with Crippen molar-refractivity contribution >= 4 is 18.3 Å². The fourth-order valence-electron chi connectivity index (χ4n) is 3.17. The molecule has 3 rings (SSSR count). The highest BCUT2D eigenvalue weighted by Crippen LogP contribution is 2.50. The van der Waals surface area contributed by atoms with Crippen LogP contribution in [0, 0.1) is 5.41 Å². The van der Waals surface area contributed by atoms with Crippen LogP contribution >= 0.6 is 12.4 Å². The molecule has 1 saturated carbocycles. The van der Waals surface area contributed by atoms with Crippen LogP contribution in [-0.4, -0.2) is 30.4 Å². The first-order valence-electron chi connectivity index (χ1n) is 7.15. The molecule has 2 N–H and O–H groups in total. The van der Waals surface area contributed by atoms with Crippen LogP contribution in [0.15, 0.2) is 30.3 Å². The van der Waals surface area contributed by atoms with E-state index in [9.17, 15) is 4.79 Å². The monoisotopic (exact) mass is 294 g/mol. The van der Waals surface area contributed by atoms with Gasteiger partial charge in [0.25, 0.3) is 0 Å². The van der Waals surface area contributed by atoms with Crippen LogP contribution in [0.4, 0.5) is 0 Å². The summed E-state index contributed by atoms with van der Waals surface area (Å²) in [5.74, 6) is 0.316. The molecule has 1 atom stereocenters. The average molecular weight is 295 g/mol. The topological polar surface area (TPSA) is 46.3 Å². The van der Waals surface area contributed by atoms with E-state index < -0.39 is 0 Å². The number of rotatable bonds is 3. The van der Waals surface area contributed by atoms with Crippen LogP contribution in [0.3, 0.4) is 0 Å². The van der Waals surface area contributed by atoms with Gasteiger partial charge in [0.2, 0.25) is 5.91 Å². The summed E-state index contributed by atoms with van der Waals surface area (Å²) in [5.41, 5.74) is 6.90. The summed E-state index contributed by atoms with van der Waals surface area (Å²) in [6, 6.07) is 10.2. The van der Waals surface area contributed by atoms with Crippen LogP contribution in [0.25, 0.3) is 0 Å².